The van der Waals surface area contributed by atoms with Crippen molar-refractivity contribution in [3.05, 3.63) is 30.1 Å². The maximum absolute atomic E-state index is 13.3. The summed E-state index contributed by atoms with van der Waals surface area (Å²) in [7, 11) is -3.57. The molecule has 5 heteroatoms. The molecule has 1 saturated carbocycles. The number of halogens is 1. The van der Waals surface area contributed by atoms with E-state index in [1.165, 1.54) is 18.2 Å². The highest BCUT2D eigenvalue weighted by atomic mass is 32.2. The quantitative estimate of drug-likeness (QED) is 0.933. The third-order valence-corrected chi connectivity index (χ3v) is 6.60. The van der Waals surface area contributed by atoms with Crippen LogP contribution in [0, 0.1) is 17.7 Å². The van der Waals surface area contributed by atoms with E-state index < -0.39 is 20.9 Å². The molecule has 0 aliphatic heterocycles. The van der Waals surface area contributed by atoms with Gasteiger partial charge >= 0.3 is 0 Å². The van der Waals surface area contributed by atoms with Crippen molar-refractivity contribution in [2.45, 2.75) is 49.3 Å². The number of sulfone groups is 1. The Bertz CT molecular complexity index is 571. The first-order valence-corrected chi connectivity index (χ1v) is 8.62. The van der Waals surface area contributed by atoms with Gasteiger partial charge < -0.3 is 5.73 Å². The number of hydrogen-bond acceptors (Lipinski definition) is 3. The van der Waals surface area contributed by atoms with Gasteiger partial charge in [0.1, 0.15) is 5.82 Å². The molecule has 1 fully saturated rings. The van der Waals surface area contributed by atoms with Crippen molar-refractivity contribution in [2.24, 2.45) is 17.6 Å². The summed E-state index contributed by atoms with van der Waals surface area (Å²) in [6, 6.07) is 4.84. The number of benzene rings is 1. The molecule has 0 radical (unpaired) electrons. The fourth-order valence-corrected chi connectivity index (χ4v) is 4.96. The van der Waals surface area contributed by atoms with E-state index >= 15 is 0 Å². The number of rotatable bonds is 3. The Morgan fingerprint density at radius 2 is 2.00 bits per heavy atom. The van der Waals surface area contributed by atoms with Crippen LogP contribution in [0.1, 0.15) is 33.1 Å². The van der Waals surface area contributed by atoms with Crippen molar-refractivity contribution in [1.82, 2.24) is 0 Å². The van der Waals surface area contributed by atoms with Gasteiger partial charge in [0.05, 0.1) is 10.1 Å². The number of hydrogen-bond donors (Lipinski definition) is 1. The average molecular weight is 299 g/mol. The van der Waals surface area contributed by atoms with E-state index in [0.29, 0.717) is 24.7 Å². The van der Waals surface area contributed by atoms with Crippen LogP contribution in [-0.4, -0.2) is 19.7 Å². The minimum absolute atomic E-state index is 0.0438. The average Bonchev–Trinajstić information content (AvgIpc) is 2.38. The summed E-state index contributed by atoms with van der Waals surface area (Å²) in [6.45, 7) is 4.21. The summed E-state index contributed by atoms with van der Waals surface area (Å²) in [5, 5.41) is -0.606. The molecule has 2 rings (SSSR count). The second kappa shape index (κ2) is 5.82. The van der Waals surface area contributed by atoms with E-state index in [9.17, 15) is 12.8 Å². The van der Waals surface area contributed by atoms with Gasteiger partial charge in [0, 0.05) is 6.04 Å². The maximum atomic E-state index is 13.3. The summed E-state index contributed by atoms with van der Waals surface area (Å²) in [6.07, 6.45) is 2.24. The zero-order valence-electron chi connectivity index (χ0n) is 11.9. The van der Waals surface area contributed by atoms with Gasteiger partial charge in [-0.05, 0) is 49.3 Å². The van der Waals surface area contributed by atoms with Crippen LogP contribution >= 0.6 is 0 Å². The zero-order chi connectivity index (χ0) is 14.9. The van der Waals surface area contributed by atoms with Crippen LogP contribution in [0.2, 0.25) is 0 Å². The second-order valence-corrected chi connectivity index (χ2v) is 8.19. The Labute approximate surface area is 120 Å². The van der Waals surface area contributed by atoms with Gasteiger partial charge in [0.2, 0.25) is 0 Å². The molecule has 3 nitrogen and oxygen atoms in total. The first-order chi connectivity index (χ1) is 9.32. The first-order valence-electron chi connectivity index (χ1n) is 7.07. The lowest BCUT2D eigenvalue weighted by Crippen LogP contribution is -2.46. The fourth-order valence-electron chi connectivity index (χ4n) is 2.96. The molecule has 1 aromatic carbocycles. The SMILES string of the molecule is CC(C)C1CCC(N)C(S(=O)(=O)c2cccc(F)c2)C1. The van der Waals surface area contributed by atoms with Crippen LogP contribution in [0.3, 0.4) is 0 Å². The minimum Gasteiger partial charge on any atom is -0.327 e. The predicted molar refractivity (Wildman–Crippen MR) is 77.5 cm³/mol. The van der Waals surface area contributed by atoms with Crippen LogP contribution in [0.5, 0.6) is 0 Å². The molecule has 1 aromatic rings. The van der Waals surface area contributed by atoms with Gasteiger partial charge in [0.25, 0.3) is 0 Å². The van der Waals surface area contributed by atoms with Gasteiger partial charge in [-0.1, -0.05) is 19.9 Å². The van der Waals surface area contributed by atoms with Gasteiger partial charge in [0.15, 0.2) is 9.84 Å². The maximum Gasteiger partial charge on any atom is 0.182 e. The minimum atomic E-state index is -3.57. The third-order valence-electron chi connectivity index (χ3n) is 4.35. The Morgan fingerprint density at radius 1 is 1.30 bits per heavy atom. The Balaban J connectivity index is 2.32. The van der Waals surface area contributed by atoms with Gasteiger partial charge in [-0.25, -0.2) is 12.8 Å². The van der Waals surface area contributed by atoms with Crippen LogP contribution < -0.4 is 5.73 Å². The predicted octanol–water partition coefficient (Wildman–Crippen LogP) is 2.75. The molecule has 0 bridgehead atoms. The highest BCUT2D eigenvalue weighted by Crippen LogP contribution is 2.35. The Hall–Kier alpha value is -0.940. The lowest BCUT2D eigenvalue weighted by Gasteiger charge is -2.35. The molecule has 0 aromatic heterocycles. The lowest BCUT2D eigenvalue weighted by atomic mass is 9.79. The Kier molecular flexibility index (Phi) is 4.49. The van der Waals surface area contributed by atoms with E-state index in [1.54, 1.807) is 0 Å². The third kappa shape index (κ3) is 3.04. The molecule has 1 aliphatic carbocycles. The normalized spacial score (nSPS) is 27.8. The fraction of sp³-hybridized carbons (Fsp3) is 0.600. The van der Waals surface area contributed by atoms with Gasteiger partial charge in [-0.2, -0.15) is 0 Å². The van der Waals surface area contributed by atoms with Crippen molar-refractivity contribution < 1.29 is 12.8 Å². The van der Waals surface area contributed by atoms with Crippen LogP contribution in [0.15, 0.2) is 29.2 Å². The highest BCUT2D eigenvalue weighted by Gasteiger charge is 2.38. The lowest BCUT2D eigenvalue weighted by molar-refractivity contribution is 0.261. The van der Waals surface area contributed by atoms with Gasteiger partial charge in [-0.3, -0.25) is 0 Å². The summed E-state index contributed by atoms with van der Waals surface area (Å²) in [4.78, 5) is 0.0438. The van der Waals surface area contributed by atoms with Crippen LogP contribution in [0.4, 0.5) is 4.39 Å². The molecule has 0 amide bonds. The van der Waals surface area contributed by atoms with E-state index in [1.807, 2.05) is 0 Å². The molecular formula is C15H22FNO2S. The topological polar surface area (TPSA) is 60.2 Å². The summed E-state index contributed by atoms with van der Waals surface area (Å²) in [5.74, 6) is 0.270. The molecular weight excluding hydrogens is 277 g/mol. The molecule has 2 N–H and O–H groups in total. The molecule has 0 heterocycles. The monoisotopic (exact) mass is 299 g/mol. The molecule has 3 atom stereocenters. The van der Waals surface area contributed by atoms with Crippen molar-refractivity contribution in [3.63, 3.8) is 0 Å². The number of nitrogens with two attached hydrogens (primary N) is 1. The smallest absolute Gasteiger partial charge is 0.182 e. The molecule has 0 spiro atoms. The summed E-state index contributed by atoms with van der Waals surface area (Å²) in [5.41, 5.74) is 6.03. The van der Waals surface area contributed by atoms with Crippen molar-refractivity contribution >= 4 is 9.84 Å². The molecule has 1 aliphatic rings. The van der Waals surface area contributed by atoms with Crippen molar-refractivity contribution in [1.29, 1.82) is 0 Å². The van der Waals surface area contributed by atoms with E-state index in [-0.39, 0.29) is 10.9 Å². The summed E-state index contributed by atoms with van der Waals surface area (Å²) < 4.78 is 38.6. The second-order valence-electron chi connectivity index (χ2n) is 6.02. The largest absolute Gasteiger partial charge is 0.327 e. The first kappa shape index (κ1) is 15.4. The van der Waals surface area contributed by atoms with Crippen molar-refractivity contribution in [3.8, 4) is 0 Å². The van der Waals surface area contributed by atoms with Crippen LogP contribution in [0.25, 0.3) is 0 Å². The molecule has 0 saturated heterocycles. The zero-order valence-corrected chi connectivity index (χ0v) is 12.7. The molecule has 20 heavy (non-hydrogen) atoms. The molecule has 112 valence electrons. The standard InChI is InChI=1S/C15H22FNO2S/c1-10(2)11-6-7-14(17)15(8-11)20(18,19)13-5-3-4-12(16)9-13/h3-5,9-11,14-15H,6-8,17H2,1-2H3. The Morgan fingerprint density at radius 3 is 2.60 bits per heavy atom. The highest BCUT2D eigenvalue weighted by molar-refractivity contribution is 7.92. The molecule has 3 unspecified atom stereocenters. The van der Waals surface area contributed by atoms with E-state index in [0.717, 1.165) is 12.5 Å². The van der Waals surface area contributed by atoms with E-state index in [2.05, 4.69) is 13.8 Å². The summed E-state index contributed by atoms with van der Waals surface area (Å²) >= 11 is 0. The van der Waals surface area contributed by atoms with Gasteiger partial charge in [-0.15, -0.1) is 0 Å². The van der Waals surface area contributed by atoms with E-state index in [4.69, 9.17) is 5.73 Å². The van der Waals surface area contributed by atoms with Crippen LogP contribution in [-0.2, 0) is 9.84 Å². The van der Waals surface area contributed by atoms with Crippen molar-refractivity contribution in [2.75, 3.05) is 0 Å².